The predicted octanol–water partition coefficient (Wildman–Crippen LogP) is 5.92. The molecule has 36 heavy (non-hydrogen) atoms. The molecule has 7 nitrogen and oxygen atoms in total. The Kier molecular flexibility index (Phi) is 7.85. The maximum Gasteiger partial charge on any atom is 0.411 e. The highest BCUT2D eigenvalue weighted by Gasteiger charge is 2.47. The number of benzene rings is 3. The van der Waals surface area contributed by atoms with Crippen LogP contribution in [0.15, 0.2) is 72.8 Å². The molecular weight excluding hydrogens is 485 g/mol. The number of nitrogens with zero attached hydrogens (tertiary/aromatic N) is 1. The second-order valence-electron chi connectivity index (χ2n) is 8.43. The molecule has 0 radical (unpaired) electrons. The Hall–Kier alpha value is -3.91. The van der Waals surface area contributed by atoms with Crippen molar-refractivity contribution >= 4 is 40.9 Å². The molecule has 0 saturated carbocycles. The largest absolute Gasteiger partial charge is 0.438 e. The molecule has 3 aromatic carbocycles. The molecule has 2 atom stereocenters. The van der Waals surface area contributed by atoms with Gasteiger partial charge in [0.1, 0.15) is 5.82 Å². The number of ether oxygens (including phenoxy) is 1. The van der Waals surface area contributed by atoms with E-state index in [0.717, 1.165) is 5.56 Å². The SMILES string of the molecule is CCCC(=O)Nc1cccc(C2OC(=O)N(Cc3cccc(Cl)c3)C2C(=O)Nc2ccc(F)cc2)c1. The number of nitrogens with one attached hydrogen (secondary N) is 2. The lowest BCUT2D eigenvalue weighted by molar-refractivity contribution is -0.121. The fourth-order valence-electron chi connectivity index (χ4n) is 4.04. The van der Waals surface area contributed by atoms with Crippen LogP contribution in [-0.2, 0) is 20.9 Å². The summed E-state index contributed by atoms with van der Waals surface area (Å²) < 4.78 is 19.0. The van der Waals surface area contributed by atoms with Crippen LogP contribution in [-0.4, -0.2) is 28.8 Å². The highest BCUT2D eigenvalue weighted by molar-refractivity contribution is 6.30. The average molecular weight is 510 g/mol. The summed E-state index contributed by atoms with van der Waals surface area (Å²) in [6, 6.07) is 18.1. The van der Waals surface area contributed by atoms with E-state index in [2.05, 4.69) is 10.6 Å². The fourth-order valence-corrected chi connectivity index (χ4v) is 4.25. The minimum atomic E-state index is -1.04. The first-order chi connectivity index (χ1) is 17.3. The Morgan fingerprint density at radius 2 is 1.75 bits per heavy atom. The van der Waals surface area contributed by atoms with Gasteiger partial charge in [0, 0.05) is 22.8 Å². The van der Waals surface area contributed by atoms with Crippen LogP contribution in [0, 0.1) is 5.82 Å². The molecular formula is C27H25ClFN3O4. The molecule has 2 unspecified atom stereocenters. The van der Waals surface area contributed by atoms with Crippen LogP contribution in [0.2, 0.25) is 5.02 Å². The lowest BCUT2D eigenvalue weighted by atomic mass is 10.00. The number of rotatable bonds is 8. The minimum absolute atomic E-state index is 0.0876. The number of carbonyl (C=O) groups is 3. The van der Waals surface area contributed by atoms with E-state index in [9.17, 15) is 18.8 Å². The first-order valence-electron chi connectivity index (χ1n) is 11.5. The molecule has 1 fully saturated rings. The smallest absolute Gasteiger partial charge is 0.411 e. The monoisotopic (exact) mass is 509 g/mol. The van der Waals surface area contributed by atoms with Gasteiger partial charge in [-0.25, -0.2) is 9.18 Å². The van der Waals surface area contributed by atoms with E-state index in [1.165, 1.54) is 29.2 Å². The van der Waals surface area contributed by atoms with Gasteiger partial charge in [-0.1, -0.05) is 42.8 Å². The van der Waals surface area contributed by atoms with Gasteiger partial charge in [0.05, 0.1) is 6.54 Å². The van der Waals surface area contributed by atoms with E-state index in [4.69, 9.17) is 16.3 Å². The Balaban J connectivity index is 1.65. The number of amides is 3. The summed E-state index contributed by atoms with van der Waals surface area (Å²) in [6.07, 6.45) is -0.533. The third-order valence-corrected chi connectivity index (χ3v) is 5.92. The van der Waals surface area contributed by atoms with Crippen LogP contribution < -0.4 is 10.6 Å². The zero-order chi connectivity index (χ0) is 25.7. The van der Waals surface area contributed by atoms with E-state index in [-0.39, 0.29) is 12.5 Å². The zero-order valence-electron chi connectivity index (χ0n) is 19.5. The van der Waals surface area contributed by atoms with Gasteiger partial charge >= 0.3 is 6.09 Å². The maximum absolute atomic E-state index is 13.5. The van der Waals surface area contributed by atoms with Crippen molar-refractivity contribution in [1.29, 1.82) is 0 Å². The third-order valence-electron chi connectivity index (χ3n) is 5.68. The number of halogens is 2. The Morgan fingerprint density at radius 1 is 1.00 bits per heavy atom. The van der Waals surface area contributed by atoms with E-state index in [1.807, 2.05) is 6.92 Å². The molecule has 0 aliphatic carbocycles. The second-order valence-corrected chi connectivity index (χ2v) is 8.86. The number of carbonyl (C=O) groups excluding carboxylic acids is 3. The van der Waals surface area contributed by atoms with E-state index < -0.39 is 30.0 Å². The summed E-state index contributed by atoms with van der Waals surface area (Å²) in [6.45, 7) is 2.00. The van der Waals surface area contributed by atoms with Crippen LogP contribution in [0.4, 0.5) is 20.6 Å². The molecule has 0 spiro atoms. The molecule has 3 aromatic rings. The van der Waals surface area contributed by atoms with Gasteiger partial charge < -0.3 is 15.4 Å². The molecule has 2 N–H and O–H groups in total. The fraction of sp³-hybridized carbons (Fsp3) is 0.222. The topological polar surface area (TPSA) is 87.7 Å². The van der Waals surface area contributed by atoms with Crippen molar-refractivity contribution in [3.8, 4) is 0 Å². The number of hydrogen-bond donors (Lipinski definition) is 2. The van der Waals surface area contributed by atoms with Gasteiger partial charge in [0.25, 0.3) is 5.91 Å². The van der Waals surface area contributed by atoms with Gasteiger partial charge in [-0.15, -0.1) is 0 Å². The standard InChI is InChI=1S/C27H25ClFN3O4/c1-2-5-23(33)30-22-9-4-7-18(15-22)25-24(26(34)31-21-12-10-20(29)11-13-21)32(27(35)36-25)16-17-6-3-8-19(28)14-17/h3-4,6-15,24-25H,2,5,16H2,1H3,(H,30,33)(H,31,34). The molecule has 1 aliphatic rings. The summed E-state index contributed by atoms with van der Waals surface area (Å²) in [5.41, 5.74) is 2.18. The van der Waals surface area contributed by atoms with Crippen LogP contribution in [0.3, 0.4) is 0 Å². The Labute approximate surface area is 213 Å². The van der Waals surface area contributed by atoms with Crippen LogP contribution >= 0.6 is 11.6 Å². The van der Waals surface area contributed by atoms with E-state index >= 15 is 0 Å². The minimum Gasteiger partial charge on any atom is -0.438 e. The van der Waals surface area contributed by atoms with Gasteiger partial charge in [0.2, 0.25) is 5.91 Å². The zero-order valence-corrected chi connectivity index (χ0v) is 20.3. The summed E-state index contributed by atoms with van der Waals surface area (Å²) in [5, 5.41) is 6.07. The third kappa shape index (κ3) is 6.01. The molecule has 1 aliphatic heterocycles. The second kappa shape index (κ2) is 11.2. The summed E-state index contributed by atoms with van der Waals surface area (Å²) in [5.74, 6) is -1.07. The lowest BCUT2D eigenvalue weighted by Crippen LogP contribution is -2.43. The van der Waals surface area contributed by atoms with E-state index in [1.54, 1.807) is 48.5 Å². The van der Waals surface area contributed by atoms with Gasteiger partial charge in [0.15, 0.2) is 12.1 Å². The number of anilines is 2. The van der Waals surface area contributed by atoms with Crippen LogP contribution in [0.5, 0.6) is 0 Å². The Bertz CT molecular complexity index is 1270. The van der Waals surface area contributed by atoms with Crippen molar-refractivity contribution in [2.24, 2.45) is 0 Å². The molecule has 1 saturated heterocycles. The van der Waals surface area contributed by atoms with Crippen LogP contribution in [0.1, 0.15) is 37.0 Å². The lowest BCUT2D eigenvalue weighted by Gasteiger charge is -2.24. The van der Waals surface area contributed by atoms with Crippen molar-refractivity contribution in [1.82, 2.24) is 4.90 Å². The summed E-state index contributed by atoms with van der Waals surface area (Å²) in [4.78, 5) is 39.9. The normalized spacial score (nSPS) is 17.0. The molecule has 186 valence electrons. The highest BCUT2D eigenvalue weighted by Crippen LogP contribution is 2.35. The van der Waals surface area contributed by atoms with Crippen molar-refractivity contribution < 1.29 is 23.5 Å². The van der Waals surface area contributed by atoms with Crippen molar-refractivity contribution in [2.45, 2.75) is 38.5 Å². The van der Waals surface area contributed by atoms with Gasteiger partial charge in [-0.2, -0.15) is 0 Å². The summed E-state index contributed by atoms with van der Waals surface area (Å²) >= 11 is 6.11. The molecule has 4 rings (SSSR count). The van der Waals surface area contributed by atoms with Gasteiger partial charge in [-0.05, 0) is 66.1 Å². The van der Waals surface area contributed by atoms with E-state index in [0.29, 0.717) is 34.8 Å². The predicted molar refractivity (Wildman–Crippen MR) is 135 cm³/mol. The van der Waals surface area contributed by atoms with Crippen molar-refractivity contribution in [2.75, 3.05) is 10.6 Å². The highest BCUT2D eigenvalue weighted by atomic mass is 35.5. The molecule has 3 amide bonds. The van der Waals surface area contributed by atoms with Crippen molar-refractivity contribution in [3.05, 3.63) is 94.8 Å². The average Bonchev–Trinajstić information content (AvgIpc) is 3.17. The number of cyclic esters (lactones) is 1. The van der Waals surface area contributed by atoms with Crippen molar-refractivity contribution in [3.63, 3.8) is 0 Å². The molecule has 9 heteroatoms. The number of hydrogen-bond acceptors (Lipinski definition) is 4. The first-order valence-corrected chi connectivity index (χ1v) is 11.9. The maximum atomic E-state index is 13.5. The molecule has 0 aromatic heterocycles. The quantitative estimate of drug-likeness (QED) is 0.394. The van der Waals surface area contributed by atoms with Crippen LogP contribution in [0.25, 0.3) is 0 Å². The molecule has 0 bridgehead atoms. The Morgan fingerprint density at radius 3 is 2.47 bits per heavy atom. The summed E-state index contributed by atoms with van der Waals surface area (Å²) in [7, 11) is 0. The molecule has 1 heterocycles. The van der Waals surface area contributed by atoms with Gasteiger partial charge in [-0.3, -0.25) is 14.5 Å². The first kappa shape index (κ1) is 25.2.